The molecule has 3 rings (SSSR count). The van der Waals surface area contributed by atoms with Crippen LogP contribution in [0.4, 0.5) is 0 Å². The van der Waals surface area contributed by atoms with E-state index < -0.39 is 53.9 Å². The van der Waals surface area contributed by atoms with E-state index in [9.17, 15) is 29.1 Å². The van der Waals surface area contributed by atoms with Gasteiger partial charge in [-0.1, -0.05) is 27.7 Å². The van der Waals surface area contributed by atoms with Crippen molar-refractivity contribution in [1.82, 2.24) is 40.8 Å². The molecule has 1 fully saturated rings. The molecule has 8 N–H and O–H groups in total. The van der Waals surface area contributed by atoms with Gasteiger partial charge in [-0.05, 0) is 37.5 Å². The SMILES string of the molecule is CC(C)C[C@H](NC(=O)[C@@H](N)CC(C)C)C(=O)N1CCC[C@H]1C(=O)N[C@@H](Cc1cnc[nH]1)C(=O)N[C@@H](Cc1cnc[nH]1)C(=O)O. The summed E-state index contributed by atoms with van der Waals surface area (Å²) in [6, 6.07) is -4.95. The highest BCUT2D eigenvalue weighted by Crippen LogP contribution is 2.21. The van der Waals surface area contributed by atoms with E-state index in [1.807, 2.05) is 27.7 Å². The van der Waals surface area contributed by atoms with Crippen LogP contribution in [0.1, 0.15) is 64.8 Å². The number of likely N-dealkylation sites (tertiary alicyclic amines) is 1. The van der Waals surface area contributed by atoms with E-state index in [-0.39, 0.29) is 30.6 Å². The summed E-state index contributed by atoms with van der Waals surface area (Å²) in [6.07, 6.45) is 7.51. The summed E-state index contributed by atoms with van der Waals surface area (Å²) in [7, 11) is 0. The van der Waals surface area contributed by atoms with Crippen molar-refractivity contribution in [2.45, 2.75) is 96.4 Å². The van der Waals surface area contributed by atoms with Gasteiger partial charge >= 0.3 is 5.97 Å². The zero-order valence-electron chi connectivity index (χ0n) is 25.7. The van der Waals surface area contributed by atoms with E-state index in [1.165, 1.54) is 29.9 Å². The maximum absolute atomic E-state index is 13.7. The molecular weight excluding hydrogens is 570 g/mol. The number of nitrogens with two attached hydrogens (primary N) is 1. The van der Waals surface area contributed by atoms with Gasteiger partial charge in [-0.15, -0.1) is 0 Å². The minimum Gasteiger partial charge on any atom is -0.480 e. The number of carbonyl (C=O) groups excluding carboxylic acids is 4. The number of hydrogen-bond acceptors (Lipinski definition) is 8. The molecule has 0 bridgehead atoms. The lowest BCUT2D eigenvalue weighted by molar-refractivity contribution is -0.143. The smallest absolute Gasteiger partial charge is 0.326 e. The second-order valence-corrected chi connectivity index (χ2v) is 12.1. The van der Waals surface area contributed by atoms with Crippen LogP contribution in [0.2, 0.25) is 0 Å². The number of rotatable bonds is 16. The van der Waals surface area contributed by atoms with E-state index in [0.717, 1.165) is 0 Å². The third-order valence-corrected chi connectivity index (χ3v) is 7.43. The third kappa shape index (κ3) is 9.89. The average molecular weight is 616 g/mol. The molecule has 15 nitrogen and oxygen atoms in total. The number of aromatic nitrogens is 4. The van der Waals surface area contributed by atoms with Crippen molar-refractivity contribution in [2.75, 3.05) is 6.54 Å². The molecule has 2 aromatic rings. The fraction of sp³-hybridized carbons (Fsp3) is 0.621. The van der Waals surface area contributed by atoms with Gasteiger partial charge in [-0.3, -0.25) is 19.2 Å². The normalized spacial score (nSPS) is 17.6. The van der Waals surface area contributed by atoms with Crippen LogP contribution in [0.3, 0.4) is 0 Å². The van der Waals surface area contributed by atoms with E-state index in [1.54, 1.807) is 0 Å². The van der Waals surface area contributed by atoms with Gasteiger partial charge in [-0.25, -0.2) is 14.8 Å². The fourth-order valence-electron chi connectivity index (χ4n) is 5.27. The number of hydrogen-bond donors (Lipinski definition) is 7. The summed E-state index contributed by atoms with van der Waals surface area (Å²) in [6.45, 7) is 8.09. The number of imidazole rings is 2. The maximum Gasteiger partial charge on any atom is 0.326 e. The van der Waals surface area contributed by atoms with Crippen molar-refractivity contribution in [3.05, 3.63) is 36.4 Å². The molecule has 0 unspecified atom stereocenters. The second kappa shape index (κ2) is 16.0. The van der Waals surface area contributed by atoms with Gasteiger partial charge in [0.15, 0.2) is 0 Å². The summed E-state index contributed by atoms with van der Waals surface area (Å²) in [4.78, 5) is 80.5. The number of aliphatic carboxylic acids is 1. The van der Waals surface area contributed by atoms with Crippen molar-refractivity contribution in [2.24, 2.45) is 17.6 Å². The summed E-state index contributed by atoms with van der Waals surface area (Å²) in [5.41, 5.74) is 7.13. The molecule has 5 atom stereocenters. The molecule has 1 aliphatic heterocycles. The largest absolute Gasteiger partial charge is 0.480 e. The van der Waals surface area contributed by atoms with Gasteiger partial charge in [0.1, 0.15) is 24.2 Å². The lowest BCUT2D eigenvalue weighted by Gasteiger charge is -2.31. The Morgan fingerprint density at radius 1 is 0.886 bits per heavy atom. The van der Waals surface area contributed by atoms with E-state index in [2.05, 4.69) is 35.9 Å². The predicted molar refractivity (Wildman–Crippen MR) is 160 cm³/mol. The fourth-order valence-corrected chi connectivity index (χ4v) is 5.27. The minimum absolute atomic E-state index is 0.00834. The monoisotopic (exact) mass is 615 g/mol. The highest BCUT2D eigenvalue weighted by molar-refractivity contribution is 5.96. The predicted octanol–water partition coefficient (Wildman–Crippen LogP) is -0.132. The van der Waals surface area contributed by atoms with Crippen LogP contribution >= 0.6 is 0 Å². The molecule has 4 amide bonds. The Kier molecular flexibility index (Phi) is 12.4. The van der Waals surface area contributed by atoms with Crippen LogP contribution in [-0.4, -0.2) is 96.3 Å². The van der Waals surface area contributed by atoms with Gasteiger partial charge < -0.3 is 41.7 Å². The van der Waals surface area contributed by atoms with Crippen molar-refractivity contribution in [3.63, 3.8) is 0 Å². The molecule has 1 aliphatic rings. The number of nitrogens with one attached hydrogen (secondary N) is 5. The Morgan fingerprint density at radius 3 is 1.98 bits per heavy atom. The molecule has 242 valence electrons. The van der Waals surface area contributed by atoms with E-state index in [4.69, 9.17) is 5.73 Å². The summed E-state index contributed by atoms with van der Waals surface area (Å²) < 4.78 is 0. The van der Waals surface area contributed by atoms with E-state index in [0.29, 0.717) is 43.6 Å². The number of amides is 4. The Morgan fingerprint density at radius 2 is 1.45 bits per heavy atom. The highest BCUT2D eigenvalue weighted by atomic mass is 16.4. The van der Waals surface area contributed by atoms with Crippen LogP contribution < -0.4 is 21.7 Å². The van der Waals surface area contributed by atoms with Crippen LogP contribution in [0.25, 0.3) is 0 Å². The second-order valence-electron chi connectivity index (χ2n) is 12.1. The van der Waals surface area contributed by atoms with Crippen LogP contribution in [0, 0.1) is 11.8 Å². The van der Waals surface area contributed by atoms with Crippen LogP contribution in [0.5, 0.6) is 0 Å². The topological polar surface area (TPSA) is 228 Å². The van der Waals surface area contributed by atoms with E-state index >= 15 is 0 Å². The molecule has 2 aromatic heterocycles. The van der Waals surface area contributed by atoms with Crippen molar-refractivity contribution in [3.8, 4) is 0 Å². The molecule has 0 spiro atoms. The minimum atomic E-state index is -1.28. The molecule has 0 aromatic carbocycles. The Bertz CT molecular complexity index is 1250. The Balaban J connectivity index is 1.75. The van der Waals surface area contributed by atoms with Crippen LogP contribution in [0.15, 0.2) is 25.0 Å². The van der Waals surface area contributed by atoms with Crippen LogP contribution in [-0.2, 0) is 36.8 Å². The molecule has 15 heteroatoms. The Labute approximate surface area is 256 Å². The number of nitrogens with zero attached hydrogens (tertiary/aromatic N) is 3. The molecule has 0 radical (unpaired) electrons. The zero-order chi connectivity index (χ0) is 32.4. The number of aromatic amines is 2. The number of H-pyrrole nitrogens is 2. The molecule has 0 aliphatic carbocycles. The van der Waals surface area contributed by atoms with Gasteiger partial charge in [-0.2, -0.15) is 0 Å². The maximum atomic E-state index is 13.7. The first kappa shape index (κ1) is 34.2. The average Bonchev–Trinajstić information content (AvgIpc) is 3.74. The standard InChI is InChI=1S/C29H45N9O6/c1-16(2)8-20(30)25(39)36-22(9-17(3)4)28(42)38-7-5-6-24(38)27(41)35-21(10-18-12-31-14-33-18)26(40)37-23(29(43)44)11-19-13-32-15-34-19/h12-17,20-24H,5-11,30H2,1-4H3,(H,31,33)(H,32,34)(H,35,41)(H,36,39)(H,37,40)(H,43,44)/t20-,21-,22-,23-,24-/m0/s1. The van der Waals surface area contributed by atoms with Gasteiger partial charge in [0.25, 0.3) is 0 Å². The van der Waals surface area contributed by atoms with Crippen molar-refractivity contribution in [1.29, 1.82) is 0 Å². The molecule has 0 saturated carbocycles. The first-order valence-electron chi connectivity index (χ1n) is 15.0. The van der Waals surface area contributed by atoms with Gasteiger partial charge in [0.2, 0.25) is 23.6 Å². The first-order chi connectivity index (χ1) is 20.8. The Hall–Kier alpha value is -4.27. The first-order valence-corrected chi connectivity index (χ1v) is 15.0. The van der Waals surface area contributed by atoms with Gasteiger partial charge in [0.05, 0.1) is 18.7 Å². The summed E-state index contributed by atoms with van der Waals surface area (Å²) in [5, 5.41) is 17.8. The lowest BCUT2D eigenvalue weighted by atomic mass is 10.00. The quantitative estimate of drug-likeness (QED) is 0.133. The van der Waals surface area contributed by atoms with Crippen molar-refractivity contribution < 1.29 is 29.1 Å². The number of carbonyl (C=O) groups is 5. The highest BCUT2D eigenvalue weighted by Gasteiger charge is 2.39. The van der Waals surface area contributed by atoms with Crippen molar-refractivity contribution >= 4 is 29.6 Å². The molecule has 3 heterocycles. The molecular formula is C29H45N9O6. The molecule has 1 saturated heterocycles. The summed E-state index contributed by atoms with van der Waals surface area (Å²) >= 11 is 0. The number of carboxylic acid groups (broad SMARTS) is 1. The third-order valence-electron chi connectivity index (χ3n) is 7.43. The summed E-state index contributed by atoms with van der Waals surface area (Å²) in [5.74, 6) is -3.05. The molecule has 44 heavy (non-hydrogen) atoms. The van der Waals surface area contributed by atoms with Gasteiger partial charge in [0, 0.05) is 43.2 Å². The zero-order valence-corrected chi connectivity index (χ0v) is 25.7. The lowest BCUT2D eigenvalue weighted by Crippen LogP contribution is -2.58. The number of carboxylic acids is 1.